The van der Waals surface area contributed by atoms with E-state index in [1.165, 1.54) is 0 Å². The number of carbonyl (C=O) groups excluding carboxylic acids is 1. The standard InChI is InChI=1S/C13H16N2O5/c14-8-5-10-11(19-4-3-18-10)6-9(8)15-13(16)12-7-17-1-2-20-12/h5-6,12H,1-4,7,14H2,(H,15,16). The van der Waals surface area contributed by atoms with Crippen molar-refractivity contribution in [3.63, 3.8) is 0 Å². The number of hydrogen-bond acceptors (Lipinski definition) is 6. The Morgan fingerprint density at radius 3 is 2.60 bits per heavy atom. The van der Waals surface area contributed by atoms with Crippen LogP contribution in [0.15, 0.2) is 12.1 Å². The maximum atomic E-state index is 12.0. The largest absolute Gasteiger partial charge is 0.486 e. The van der Waals surface area contributed by atoms with E-state index in [-0.39, 0.29) is 12.5 Å². The fourth-order valence-electron chi connectivity index (χ4n) is 2.07. The lowest BCUT2D eigenvalue weighted by molar-refractivity contribution is -0.142. The number of nitrogen functional groups attached to an aromatic ring is 1. The van der Waals surface area contributed by atoms with Crippen LogP contribution in [0.3, 0.4) is 0 Å². The predicted molar refractivity (Wildman–Crippen MR) is 71.0 cm³/mol. The molecule has 0 spiro atoms. The van der Waals surface area contributed by atoms with E-state index >= 15 is 0 Å². The first-order valence-corrected chi connectivity index (χ1v) is 6.43. The maximum absolute atomic E-state index is 12.0. The Labute approximate surface area is 115 Å². The van der Waals surface area contributed by atoms with E-state index < -0.39 is 6.10 Å². The van der Waals surface area contributed by atoms with E-state index in [9.17, 15) is 4.79 Å². The minimum Gasteiger partial charge on any atom is -0.486 e. The van der Waals surface area contributed by atoms with Crippen LogP contribution >= 0.6 is 0 Å². The molecule has 2 aliphatic rings. The number of anilines is 2. The van der Waals surface area contributed by atoms with Crippen molar-refractivity contribution in [2.75, 3.05) is 44.1 Å². The molecule has 0 aromatic heterocycles. The molecule has 1 amide bonds. The molecular weight excluding hydrogens is 264 g/mol. The van der Waals surface area contributed by atoms with Gasteiger partial charge in [0.25, 0.3) is 5.91 Å². The summed E-state index contributed by atoms with van der Waals surface area (Å²) < 4.78 is 21.4. The summed E-state index contributed by atoms with van der Waals surface area (Å²) in [5.41, 5.74) is 6.80. The highest BCUT2D eigenvalue weighted by Gasteiger charge is 2.24. The van der Waals surface area contributed by atoms with Crippen molar-refractivity contribution < 1.29 is 23.7 Å². The van der Waals surface area contributed by atoms with Gasteiger partial charge in [-0.3, -0.25) is 4.79 Å². The second-order valence-electron chi connectivity index (χ2n) is 4.51. The molecule has 7 heteroatoms. The molecule has 108 valence electrons. The molecule has 0 saturated carbocycles. The number of rotatable bonds is 2. The number of nitrogens with one attached hydrogen (secondary N) is 1. The topological polar surface area (TPSA) is 92.0 Å². The third-order valence-electron chi connectivity index (χ3n) is 3.08. The van der Waals surface area contributed by atoms with Crippen LogP contribution in [0.2, 0.25) is 0 Å². The molecule has 2 aliphatic heterocycles. The first-order chi connectivity index (χ1) is 9.74. The molecule has 1 unspecified atom stereocenters. The van der Waals surface area contributed by atoms with Gasteiger partial charge in [0.1, 0.15) is 13.2 Å². The summed E-state index contributed by atoms with van der Waals surface area (Å²) in [6.07, 6.45) is -0.614. The average Bonchev–Trinajstić information content (AvgIpc) is 2.49. The lowest BCUT2D eigenvalue weighted by Crippen LogP contribution is -2.39. The van der Waals surface area contributed by atoms with E-state index in [1.807, 2.05) is 0 Å². The van der Waals surface area contributed by atoms with E-state index in [2.05, 4.69) is 5.32 Å². The van der Waals surface area contributed by atoms with Crippen molar-refractivity contribution in [2.24, 2.45) is 0 Å². The first kappa shape index (κ1) is 13.0. The molecule has 20 heavy (non-hydrogen) atoms. The van der Waals surface area contributed by atoms with Gasteiger partial charge < -0.3 is 30.0 Å². The van der Waals surface area contributed by atoms with Gasteiger partial charge in [-0.1, -0.05) is 0 Å². The van der Waals surface area contributed by atoms with Gasteiger partial charge >= 0.3 is 0 Å². The molecule has 0 radical (unpaired) electrons. The van der Waals surface area contributed by atoms with E-state index in [1.54, 1.807) is 12.1 Å². The number of fused-ring (bicyclic) bond motifs is 1. The molecule has 7 nitrogen and oxygen atoms in total. The van der Waals surface area contributed by atoms with Crippen LogP contribution in [0.1, 0.15) is 0 Å². The van der Waals surface area contributed by atoms with E-state index in [4.69, 9.17) is 24.7 Å². The van der Waals surface area contributed by atoms with E-state index in [0.29, 0.717) is 49.3 Å². The van der Waals surface area contributed by atoms with Gasteiger partial charge in [0, 0.05) is 12.1 Å². The van der Waals surface area contributed by atoms with Crippen LogP contribution in [0.5, 0.6) is 11.5 Å². The molecule has 0 bridgehead atoms. The fourth-order valence-corrected chi connectivity index (χ4v) is 2.07. The molecule has 2 heterocycles. The zero-order valence-electron chi connectivity index (χ0n) is 10.9. The molecular formula is C13H16N2O5. The average molecular weight is 280 g/mol. The highest BCUT2D eigenvalue weighted by atomic mass is 16.6. The minimum absolute atomic E-state index is 0.246. The van der Waals surface area contributed by atoms with Gasteiger partial charge in [0.2, 0.25) is 0 Å². The zero-order chi connectivity index (χ0) is 13.9. The fraction of sp³-hybridized carbons (Fsp3) is 0.462. The van der Waals surface area contributed by atoms with Crippen LogP contribution in [0, 0.1) is 0 Å². The number of amides is 1. The van der Waals surface area contributed by atoms with Gasteiger partial charge in [-0.15, -0.1) is 0 Å². The lowest BCUT2D eigenvalue weighted by Gasteiger charge is -2.23. The Kier molecular flexibility index (Phi) is 3.62. The molecule has 1 atom stereocenters. The highest BCUT2D eigenvalue weighted by molar-refractivity contribution is 5.97. The van der Waals surface area contributed by atoms with Crippen LogP contribution < -0.4 is 20.5 Å². The van der Waals surface area contributed by atoms with Gasteiger partial charge in [-0.2, -0.15) is 0 Å². The smallest absolute Gasteiger partial charge is 0.255 e. The maximum Gasteiger partial charge on any atom is 0.255 e. The summed E-state index contributed by atoms with van der Waals surface area (Å²) in [6.45, 7) is 2.14. The lowest BCUT2D eigenvalue weighted by atomic mass is 10.2. The summed E-state index contributed by atoms with van der Waals surface area (Å²) in [6, 6.07) is 3.30. The minimum atomic E-state index is -0.614. The van der Waals surface area contributed by atoms with Crippen molar-refractivity contribution >= 4 is 17.3 Å². The van der Waals surface area contributed by atoms with Gasteiger partial charge in [0.15, 0.2) is 17.6 Å². The number of ether oxygens (including phenoxy) is 4. The van der Waals surface area contributed by atoms with Gasteiger partial charge in [-0.05, 0) is 0 Å². The molecule has 3 N–H and O–H groups in total. The molecule has 1 saturated heterocycles. The van der Waals surface area contributed by atoms with Gasteiger partial charge in [-0.25, -0.2) is 0 Å². The number of hydrogen-bond donors (Lipinski definition) is 2. The summed E-state index contributed by atoms with van der Waals surface area (Å²) in [5, 5.41) is 2.73. The molecule has 0 aliphatic carbocycles. The van der Waals surface area contributed by atoms with Crippen molar-refractivity contribution in [1.29, 1.82) is 0 Å². The summed E-state index contributed by atoms with van der Waals surface area (Å²) in [5.74, 6) is 0.874. The summed E-state index contributed by atoms with van der Waals surface area (Å²) >= 11 is 0. The summed E-state index contributed by atoms with van der Waals surface area (Å²) in [7, 11) is 0. The van der Waals surface area contributed by atoms with Crippen molar-refractivity contribution in [3.05, 3.63) is 12.1 Å². The predicted octanol–water partition coefficient (Wildman–Crippen LogP) is 0.394. The van der Waals surface area contributed by atoms with Crippen molar-refractivity contribution in [2.45, 2.75) is 6.10 Å². The van der Waals surface area contributed by atoms with Crippen LogP contribution in [0.25, 0.3) is 0 Å². The van der Waals surface area contributed by atoms with E-state index in [0.717, 1.165) is 0 Å². The number of nitrogens with two attached hydrogens (primary N) is 1. The Morgan fingerprint density at radius 1 is 1.15 bits per heavy atom. The molecule has 1 aromatic carbocycles. The molecule has 1 aromatic rings. The SMILES string of the molecule is Nc1cc2c(cc1NC(=O)C1COCCO1)OCCO2. The highest BCUT2D eigenvalue weighted by Crippen LogP contribution is 2.37. The van der Waals surface area contributed by atoms with Gasteiger partial charge in [0.05, 0.1) is 31.2 Å². The van der Waals surface area contributed by atoms with Crippen LogP contribution in [-0.2, 0) is 14.3 Å². The normalized spacial score (nSPS) is 21.3. The third-order valence-corrected chi connectivity index (χ3v) is 3.08. The first-order valence-electron chi connectivity index (χ1n) is 6.43. The second-order valence-corrected chi connectivity index (χ2v) is 4.51. The zero-order valence-corrected chi connectivity index (χ0v) is 10.9. The number of carbonyl (C=O) groups is 1. The Bertz CT molecular complexity index is 514. The van der Waals surface area contributed by atoms with Crippen molar-refractivity contribution in [1.82, 2.24) is 0 Å². The Morgan fingerprint density at radius 2 is 1.90 bits per heavy atom. The molecule has 3 rings (SSSR count). The Hall–Kier alpha value is -1.99. The summed E-state index contributed by atoms with van der Waals surface area (Å²) in [4.78, 5) is 12.0. The number of benzene rings is 1. The molecule has 1 fully saturated rings. The van der Waals surface area contributed by atoms with Crippen LogP contribution in [0.4, 0.5) is 11.4 Å². The van der Waals surface area contributed by atoms with Crippen molar-refractivity contribution in [3.8, 4) is 11.5 Å². The monoisotopic (exact) mass is 280 g/mol. The quantitative estimate of drug-likeness (QED) is 0.762. The Balaban J connectivity index is 1.74. The second kappa shape index (κ2) is 5.56. The third kappa shape index (κ3) is 2.63. The van der Waals surface area contributed by atoms with Crippen LogP contribution in [-0.4, -0.2) is 45.0 Å².